The zero-order chi connectivity index (χ0) is 21.9. The number of anilines is 1. The molecule has 6 nitrogen and oxygen atoms in total. The van der Waals surface area contributed by atoms with Gasteiger partial charge in [0.1, 0.15) is 5.00 Å². The van der Waals surface area contributed by atoms with Gasteiger partial charge in [-0.2, -0.15) is 5.10 Å². The Hall–Kier alpha value is -1.67. The maximum atomic E-state index is 13.2. The van der Waals surface area contributed by atoms with Crippen molar-refractivity contribution in [3.05, 3.63) is 32.4 Å². The van der Waals surface area contributed by atoms with E-state index in [0.717, 1.165) is 28.2 Å². The summed E-state index contributed by atoms with van der Waals surface area (Å²) < 4.78 is 7.98. The van der Waals surface area contributed by atoms with Gasteiger partial charge in [0, 0.05) is 11.1 Å². The maximum absolute atomic E-state index is 13.2. The molecule has 4 aliphatic rings. The molecule has 31 heavy (non-hydrogen) atoms. The second-order valence-corrected chi connectivity index (χ2v) is 11.7. The minimum Gasteiger partial charge on any atom is -0.462 e. The van der Waals surface area contributed by atoms with Crippen molar-refractivity contribution in [2.24, 2.45) is 17.8 Å². The van der Waals surface area contributed by atoms with Crippen LogP contribution in [0.3, 0.4) is 0 Å². The molecule has 1 N–H and O–H groups in total. The van der Waals surface area contributed by atoms with Crippen LogP contribution in [0.2, 0.25) is 0 Å². The quantitative estimate of drug-likeness (QED) is 0.530. The zero-order valence-electron chi connectivity index (χ0n) is 18.2. The number of amides is 1. The molecule has 0 aromatic carbocycles. The Balaban J connectivity index is 1.42. The predicted octanol–water partition coefficient (Wildman–Crippen LogP) is 5.68. The molecule has 4 aliphatic carbocycles. The molecule has 166 valence electrons. The predicted molar refractivity (Wildman–Crippen MR) is 124 cm³/mol. The Bertz CT molecular complexity index is 1020. The molecule has 6 rings (SSSR count). The van der Waals surface area contributed by atoms with E-state index in [1.54, 1.807) is 6.92 Å². The number of ether oxygens (including phenoxy) is 1. The highest BCUT2D eigenvalue weighted by Crippen LogP contribution is 2.58. The Morgan fingerprint density at radius 3 is 2.42 bits per heavy atom. The van der Waals surface area contributed by atoms with Gasteiger partial charge in [0.2, 0.25) is 0 Å². The minimum absolute atomic E-state index is 0.0575. The van der Waals surface area contributed by atoms with Gasteiger partial charge >= 0.3 is 5.97 Å². The first-order valence-electron chi connectivity index (χ1n) is 11.1. The maximum Gasteiger partial charge on any atom is 0.341 e. The van der Waals surface area contributed by atoms with Crippen molar-refractivity contribution >= 4 is 44.1 Å². The first-order valence-corrected chi connectivity index (χ1v) is 12.7. The lowest BCUT2D eigenvalue weighted by atomic mass is 9.53. The Morgan fingerprint density at radius 2 is 1.84 bits per heavy atom. The summed E-state index contributed by atoms with van der Waals surface area (Å²) in [5.41, 5.74) is 1.71. The van der Waals surface area contributed by atoms with E-state index in [9.17, 15) is 9.59 Å². The number of thiophene rings is 1. The van der Waals surface area contributed by atoms with Crippen LogP contribution in [-0.2, 0) is 10.3 Å². The molecule has 0 saturated heterocycles. The molecular formula is C23H28BrN3O3S. The van der Waals surface area contributed by atoms with E-state index in [1.807, 2.05) is 20.0 Å². The van der Waals surface area contributed by atoms with Crippen LogP contribution in [0, 0.1) is 31.6 Å². The third-order valence-corrected chi connectivity index (χ3v) is 9.17. The van der Waals surface area contributed by atoms with Crippen LogP contribution in [0.15, 0.2) is 10.7 Å². The van der Waals surface area contributed by atoms with E-state index in [2.05, 4.69) is 25.9 Å². The summed E-state index contributed by atoms with van der Waals surface area (Å²) in [6.45, 7) is 5.89. The molecule has 4 bridgehead atoms. The van der Waals surface area contributed by atoms with Crippen LogP contribution in [0.1, 0.15) is 76.7 Å². The molecule has 0 unspecified atom stereocenters. The topological polar surface area (TPSA) is 73.2 Å². The number of nitrogens with zero attached hydrogens (tertiary/aromatic N) is 2. The van der Waals surface area contributed by atoms with Crippen molar-refractivity contribution < 1.29 is 14.3 Å². The van der Waals surface area contributed by atoms with Crippen molar-refractivity contribution in [2.45, 2.75) is 64.8 Å². The summed E-state index contributed by atoms with van der Waals surface area (Å²) >= 11 is 4.97. The number of esters is 1. The van der Waals surface area contributed by atoms with Crippen LogP contribution in [0.4, 0.5) is 5.00 Å². The van der Waals surface area contributed by atoms with Gasteiger partial charge in [0.15, 0.2) is 5.69 Å². The molecule has 8 heteroatoms. The van der Waals surface area contributed by atoms with Crippen molar-refractivity contribution in [1.82, 2.24) is 9.78 Å². The summed E-state index contributed by atoms with van der Waals surface area (Å²) in [5.74, 6) is 1.70. The van der Waals surface area contributed by atoms with Crippen LogP contribution in [-0.4, -0.2) is 28.3 Å². The summed E-state index contributed by atoms with van der Waals surface area (Å²) in [7, 11) is 0. The average molecular weight is 506 g/mol. The highest BCUT2D eigenvalue weighted by Gasteiger charge is 2.52. The lowest BCUT2D eigenvalue weighted by Crippen LogP contribution is -2.52. The highest BCUT2D eigenvalue weighted by atomic mass is 79.9. The fourth-order valence-electron chi connectivity index (χ4n) is 6.42. The molecule has 1 amide bonds. The van der Waals surface area contributed by atoms with E-state index >= 15 is 0 Å². The lowest BCUT2D eigenvalue weighted by Gasteiger charge is -2.56. The molecule has 2 heterocycles. The molecular weight excluding hydrogens is 478 g/mol. The van der Waals surface area contributed by atoms with E-state index in [4.69, 9.17) is 9.84 Å². The fraction of sp³-hybridized carbons (Fsp3) is 0.609. The summed E-state index contributed by atoms with van der Waals surface area (Å²) in [6.07, 6.45) is 9.59. The van der Waals surface area contributed by atoms with Crippen molar-refractivity contribution in [3.63, 3.8) is 0 Å². The number of aromatic nitrogens is 2. The standard InChI is InChI=1S/C23H28BrN3O3S/c1-4-30-22(29)18-12(2)13(3)31-21(18)25-20(28)19-17(24)11-27(26-19)23-8-14-5-15(9-23)7-16(6-14)10-23/h11,14-16H,4-10H2,1-3H3,(H,25,28). The Kier molecular flexibility index (Phi) is 5.28. The third-order valence-electron chi connectivity index (χ3n) is 7.47. The van der Waals surface area contributed by atoms with Crippen LogP contribution in [0.25, 0.3) is 0 Å². The van der Waals surface area contributed by atoms with Gasteiger partial charge in [-0.15, -0.1) is 11.3 Å². The number of carbonyl (C=O) groups is 2. The number of carbonyl (C=O) groups excluding carboxylic acids is 2. The number of halogens is 1. The molecule has 4 fully saturated rings. The van der Waals surface area contributed by atoms with Gasteiger partial charge < -0.3 is 10.1 Å². The number of nitrogens with one attached hydrogen (secondary N) is 1. The number of rotatable bonds is 5. The first-order chi connectivity index (χ1) is 14.8. The zero-order valence-corrected chi connectivity index (χ0v) is 20.6. The number of aryl methyl sites for hydroxylation is 1. The van der Waals surface area contributed by atoms with E-state index in [0.29, 0.717) is 27.3 Å². The van der Waals surface area contributed by atoms with Crippen molar-refractivity contribution in [3.8, 4) is 0 Å². The Labute approximate surface area is 194 Å². The lowest BCUT2D eigenvalue weighted by molar-refractivity contribution is -0.0495. The molecule has 0 radical (unpaired) electrons. The van der Waals surface area contributed by atoms with Gasteiger partial charge in [0.05, 0.1) is 22.2 Å². The fourth-order valence-corrected chi connectivity index (χ4v) is 7.92. The highest BCUT2D eigenvalue weighted by molar-refractivity contribution is 9.10. The number of hydrogen-bond donors (Lipinski definition) is 1. The normalized spacial score (nSPS) is 28.7. The minimum atomic E-state index is -0.405. The first kappa shape index (κ1) is 21.2. The van der Waals surface area contributed by atoms with Gasteiger partial charge in [-0.05, 0) is 98.5 Å². The molecule has 0 atom stereocenters. The van der Waals surface area contributed by atoms with E-state index < -0.39 is 5.97 Å². The van der Waals surface area contributed by atoms with Crippen molar-refractivity contribution in [1.29, 1.82) is 0 Å². The molecule has 4 saturated carbocycles. The molecule has 2 aromatic rings. The van der Waals surface area contributed by atoms with Crippen molar-refractivity contribution in [2.75, 3.05) is 11.9 Å². The largest absolute Gasteiger partial charge is 0.462 e. The molecule has 0 aliphatic heterocycles. The second-order valence-electron chi connectivity index (χ2n) is 9.57. The van der Waals surface area contributed by atoms with E-state index in [-0.39, 0.29) is 11.4 Å². The summed E-state index contributed by atoms with van der Waals surface area (Å²) in [6, 6.07) is 0. The summed E-state index contributed by atoms with van der Waals surface area (Å²) in [5, 5.41) is 8.23. The van der Waals surface area contributed by atoms with Gasteiger partial charge in [-0.25, -0.2) is 4.79 Å². The third kappa shape index (κ3) is 3.55. The van der Waals surface area contributed by atoms with Crippen LogP contribution in [0.5, 0.6) is 0 Å². The molecule has 2 aromatic heterocycles. The summed E-state index contributed by atoms with van der Waals surface area (Å²) in [4.78, 5) is 26.6. The van der Waals surface area contributed by atoms with E-state index in [1.165, 1.54) is 49.9 Å². The van der Waals surface area contributed by atoms with Gasteiger partial charge in [-0.3, -0.25) is 9.48 Å². The second kappa shape index (κ2) is 7.73. The Morgan fingerprint density at radius 1 is 1.23 bits per heavy atom. The van der Waals surface area contributed by atoms with Crippen LogP contribution >= 0.6 is 27.3 Å². The van der Waals surface area contributed by atoms with Gasteiger partial charge in [0.25, 0.3) is 5.91 Å². The number of hydrogen-bond acceptors (Lipinski definition) is 5. The SMILES string of the molecule is CCOC(=O)c1c(NC(=O)c2nn(C34CC5CC(CC(C5)C3)C4)cc2Br)sc(C)c1C. The smallest absolute Gasteiger partial charge is 0.341 e. The monoisotopic (exact) mass is 505 g/mol. The molecule has 0 spiro atoms. The van der Waals surface area contributed by atoms with Crippen LogP contribution < -0.4 is 5.32 Å². The van der Waals surface area contributed by atoms with Gasteiger partial charge in [-0.1, -0.05) is 0 Å². The average Bonchev–Trinajstić information content (AvgIpc) is 3.21.